The van der Waals surface area contributed by atoms with Gasteiger partial charge in [-0.25, -0.2) is 4.98 Å². The van der Waals surface area contributed by atoms with Gasteiger partial charge in [0, 0.05) is 41.0 Å². The molecule has 0 aliphatic heterocycles. The predicted octanol–water partition coefficient (Wildman–Crippen LogP) is 2.91. The van der Waals surface area contributed by atoms with Crippen LogP contribution in [0.3, 0.4) is 0 Å². The highest BCUT2D eigenvalue weighted by atomic mass is 32.1. The molecule has 0 saturated carbocycles. The van der Waals surface area contributed by atoms with Crippen molar-refractivity contribution in [3.05, 3.63) is 52.1 Å². The molecule has 2 heterocycles. The first-order chi connectivity index (χ1) is 9.74. The molecule has 1 aromatic carbocycles. The van der Waals surface area contributed by atoms with E-state index < -0.39 is 0 Å². The number of thiazole rings is 1. The zero-order chi connectivity index (χ0) is 13.9. The Balaban J connectivity index is 1.66. The summed E-state index contributed by atoms with van der Waals surface area (Å²) in [6.45, 7) is 2.59. The molecule has 0 radical (unpaired) electrons. The average Bonchev–Trinajstić information content (AvgIpc) is 3.06. The number of aromatic amines is 1. The lowest BCUT2D eigenvalue weighted by atomic mass is 10.1. The molecule has 0 spiro atoms. The van der Waals surface area contributed by atoms with E-state index >= 15 is 0 Å². The Morgan fingerprint density at radius 1 is 1.40 bits per heavy atom. The van der Waals surface area contributed by atoms with Crippen molar-refractivity contribution < 1.29 is 4.79 Å². The Kier molecular flexibility index (Phi) is 3.52. The summed E-state index contributed by atoms with van der Waals surface area (Å²) in [4.78, 5) is 19.7. The highest BCUT2D eigenvalue weighted by Gasteiger charge is 2.09. The maximum atomic E-state index is 12.2. The molecular formula is C15H15N3OS. The first-order valence-electron chi connectivity index (χ1n) is 6.49. The van der Waals surface area contributed by atoms with Gasteiger partial charge in [0.15, 0.2) is 0 Å². The average molecular weight is 285 g/mol. The fourth-order valence-corrected chi connectivity index (χ4v) is 2.85. The number of aromatic nitrogens is 2. The van der Waals surface area contributed by atoms with Crippen LogP contribution in [0.25, 0.3) is 10.9 Å². The van der Waals surface area contributed by atoms with Crippen LogP contribution in [0.1, 0.15) is 21.1 Å². The van der Waals surface area contributed by atoms with Crippen LogP contribution < -0.4 is 5.32 Å². The van der Waals surface area contributed by atoms with Gasteiger partial charge in [-0.05, 0) is 25.1 Å². The van der Waals surface area contributed by atoms with Gasteiger partial charge in [0.05, 0.1) is 10.7 Å². The van der Waals surface area contributed by atoms with Crippen LogP contribution >= 0.6 is 11.3 Å². The number of nitrogens with one attached hydrogen (secondary N) is 2. The normalized spacial score (nSPS) is 10.8. The van der Waals surface area contributed by atoms with Crippen LogP contribution in [0.2, 0.25) is 0 Å². The Morgan fingerprint density at radius 3 is 3.10 bits per heavy atom. The van der Waals surface area contributed by atoms with Gasteiger partial charge >= 0.3 is 0 Å². The van der Waals surface area contributed by atoms with Crippen LogP contribution in [0.15, 0.2) is 35.8 Å². The second-order valence-electron chi connectivity index (χ2n) is 4.61. The highest BCUT2D eigenvalue weighted by molar-refractivity contribution is 7.09. The molecule has 3 rings (SSSR count). The summed E-state index contributed by atoms with van der Waals surface area (Å²) in [7, 11) is 0. The minimum absolute atomic E-state index is 0.0397. The molecule has 0 atom stereocenters. The number of amides is 1. The molecule has 20 heavy (non-hydrogen) atoms. The molecule has 0 fully saturated rings. The van der Waals surface area contributed by atoms with Gasteiger partial charge in [-0.2, -0.15) is 0 Å². The molecule has 2 N–H and O–H groups in total. The number of benzene rings is 1. The summed E-state index contributed by atoms with van der Waals surface area (Å²) < 4.78 is 0. The van der Waals surface area contributed by atoms with Crippen molar-refractivity contribution in [1.29, 1.82) is 0 Å². The molecule has 3 aromatic rings. The smallest absolute Gasteiger partial charge is 0.251 e. The molecule has 102 valence electrons. The summed E-state index contributed by atoms with van der Waals surface area (Å²) in [5, 5.41) is 7.00. The number of carbonyl (C=O) groups excluding carboxylic acids is 1. The van der Waals surface area contributed by atoms with E-state index in [1.54, 1.807) is 11.3 Å². The second-order valence-corrected chi connectivity index (χ2v) is 5.67. The maximum absolute atomic E-state index is 12.2. The Labute approximate surface area is 120 Å². The number of hydrogen-bond donors (Lipinski definition) is 2. The quantitative estimate of drug-likeness (QED) is 0.774. The van der Waals surface area contributed by atoms with Gasteiger partial charge < -0.3 is 10.3 Å². The number of hydrogen-bond acceptors (Lipinski definition) is 3. The van der Waals surface area contributed by atoms with Gasteiger partial charge in [-0.1, -0.05) is 6.07 Å². The molecular weight excluding hydrogens is 270 g/mol. The van der Waals surface area contributed by atoms with Crippen molar-refractivity contribution in [3.63, 3.8) is 0 Å². The molecule has 0 aliphatic carbocycles. The second kappa shape index (κ2) is 5.46. The van der Waals surface area contributed by atoms with Gasteiger partial charge in [0.25, 0.3) is 5.91 Å². The molecule has 0 aliphatic rings. The van der Waals surface area contributed by atoms with E-state index in [1.807, 2.05) is 42.8 Å². The minimum Gasteiger partial charge on any atom is -0.361 e. The number of H-pyrrole nitrogens is 1. The molecule has 0 saturated heterocycles. The third-order valence-electron chi connectivity index (χ3n) is 3.17. The van der Waals surface area contributed by atoms with Crippen molar-refractivity contribution in [1.82, 2.24) is 15.3 Å². The lowest BCUT2D eigenvalue weighted by molar-refractivity contribution is 0.0956. The van der Waals surface area contributed by atoms with Crippen molar-refractivity contribution >= 4 is 28.1 Å². The zero-order valence-electron chi connectivity index (χ0n) is 11.1. The number of nitrogens with zero attached hydrogens (tertiary/aromatic N) is 1. The van der Waals surface area contributed by atoms with Crippen molar-refractivity contribution in [2.75, 3.05) is 6.54 Å². The number of fused-ring (bicyclic) bond motifs is 1. The highest BCUT2D eigenvalue weighted by Crippen LogP contribution is 2.17. The van der Waals surface area contributed by atoms with Crippen LogP contribution in [0, 0.1) is 6.92 Å². The lowest BCUT2D eigenvalue weighted by Crippen LogP contribution is -2.25. The van der Waals surface area contributed by atoms with Crippen LogP contribution in [-0.4, -0.2) is 22.4 Å². The largest absolute Gasteiger partial charge is 0.361 e. The molecule has 0 bridgehead atoms. The van der Waals surface area contributed by atoms with E-state index in [-0.39, 0.29) is 5.91 Å². The van der Waals surface area contributed by atoms with E-state index in [2.05, 4.69) is 15.3 Å². The fourth-order valence-electron chi connectivity index (χ4n) is 2.21. The van der Waals surface area contributed by atoms with E-state index in [4.69, 9.17) is 0 Å². The molecule has 1 amide bonds. The molecule has 4 nitrogen and oxygen atoms in total. The lowest BCUT2D eigenvalue weighted by Gasteiger charge is -2.05. The first kappa shape index (κ1) is 12.9. The SMILES string of the molecule is Cc1nc(CCNC(=O)c2cccc3[nH]ccc23)cs1. The molecule has 5 heteroatoms. The number of rotatable bonds is 4. The third kappa shape index (κ3) is 2.58. The van der Waals surface area contributed by atoms with Gasteiger partial charge in [-0.15, -0.1) is 11.3 Å². The predicted molar refractivity (Wildman–Crippen MR) is 81.2 cm³/mol. The van der Waals surface area contributed by atoms with E-state index in [0.717, 1.165) is 28.0 Å². The van der Waals surface area contributed by atoms with Crippen molar-refractivity contribution in [2.45, 2.75) is 13.3 Å². The summed E-state index contributed by atoms with van der Waals surface area (Å²) in [6, 6.07) is 7.62. The monoisotopic (exact) mass is 285 g/mol. The van der Waals surface area contributed by atoms with Crippen LogP contribution in [-0.2, 0) is 6.42 Å². The molecule has 2 aromatic heterocycles. The Bertz CT molecular complexity index is 744. The summed E-state index contributed by atoms with van der Waals surface area (Å²) in [5.41, 5.74) is 2.72. The van der Waals surface area contributed by atoms with Crippen molar-refractivity contribution in [3.8, 4) is 0 Å². The number of carbonyl (C=O) groups is 1. The Morgan fingerprint density at radius 2 is 2.30 bits per heavy atom. The Hall–Kier alpha value is -2.14. The van der Waals surface area contributed by atoms with Gasteiger partial charge in [0.1, 0.15) is 0 Å². The summed E-state index contributed by atoms with van der Waals surface area (Å²) >= 11 is 1.63. The summed E-state index contributed by atoms with van der Waals surface area (Å²) in [6.07, 6.45) is 2.61. The fraction of sp³-hybridized carbons (Fsp3) is 0.200. The van der Waals surface area contributed by atoms with Crippen LogP contribution in [0.4, 0.5) is 0 Å². The topological polar surface area (TPSA) is 57.8 Å². The first-order valence-corrected chi connectivity index (χ1v) is 7.37. The zero-order valence-corrected chi connectivity index (χ0v) is 12.0. The van der Waals surface area contributed by atoms with Gasteiger partial charge in [-0.3, -0.25) is 4.79 Å². The summed E-state index contributed by atoms with van der Waals surface area (Å²) in [5.74, 6) is -0.0397. The maximum Gasteiger partial charge on any atom is 0.251 e. The molecule has 0 unspecified atom stereocenters. The number of aryl methyl sites for hydroxylation is 1. The van der Waals surface area contributed by atoms with Crippen molar-refractivity contribution in [2.24, 2.45) is 0 Å². The van der Waals surface area contributed by atoms with E-state index in [9.17, 15) is 4.79 Å². The minimum atomic E-state index is -0.0397. The van der Waals surface area contributed by atoms with Crippen LogP contribution in [0.5, 0.6) is 0 Å². The van der Waals surface area contributed by atoms with Gasteiger partial charge in [0.2, 0.25) is 0 Å². The van der Waals surface area contributed by atoms with E-state index in [0.29, 0.717) is 12.1 Å². The standard InChI is InChI=1S/C15H15N3OS/c1-10-18-11(9-20-10)5-7-17-15(19)13-3-2-4-14-12(13)6-8-16-14/h2-4,6,8-9,16H,5,7H2,1H3,(H,17,19). The van der Waals surface area contributed by atoms with E-state index in [1.165, 1.54) is 0 Å². The third-order valence-corrected chi connectivity index (χ3v) is 4.00.